The number of ether oxygens (including phenoxy) is 2. The first kappa shape index (κ1) is 18.8. The molecule has 0 spiro atoms. The molecular formula is C21H27NO3. The molecule has 0 aliphatic carbocycles. The van der Waals surface area contributed by atoms with Crippen LogP contribution in [0.4, 0.5) is 0 Å². The van der Waals surface area contributed by atoms with Crippen LogP contribution in [0.5, 0.6) is 11.5 Å². The van der Waals surface area contributed by atoms with Crippen LogP contribution in [-0.4, -0.2) is 25.7 Å². The van der Waals surface area contributed by atoms with Crippen molar-refractivity contribution in [2.75, 3.05) is 13.7 Å². The van der Waals surface area contributed by atoms with Gasteiger partial charge in [-0.05, 0) is 42.5 Å². The zero-order valence-electron chi connectivity index (χ0n) is 15.4. The molecule has 0 saturated heterocycles. The molecule has 0 fully saturated rings. The molecule has 0 unspecified atom stereocenters. The Balaban J connectivity index is 1.79. The Kier molecular flexibility index (Phi) is 6.87. The number of carbonyl (C=O) groups excluding carboxylic acids is 1. The van der Waals surface area contributed by atoms with Crippen LogP contribution in [-0.2, 0) is 11.2 Å². The van der Waals surface area contributed by atoms with E-state index in [0.717, 1.165) is 6.42 Å². The average Bonchev–Trinajstić information content (AvgIpc) is 2.62. The quantitative estimate of drug-likeness (QED) is 0.791. The van der Waals surface area contributed by atoms with E-state index in [1.807, 2.05) is 18.2 Å². The minimum absolute atomic E-state index is 0.123. The molecule has 4 nitrogen and oxygen atoms in total. The van der Waals surface area contributed by atoms with E-state index in [4.69, 9.17) is 9.47 Å². The van der Waals surface area contributed by atoms with Crippen molar-refractivity contribution in [1.82, 2.24) is 5.32 Å². The Morgan fingerprint density at radius 2 is 1.72 bits per heavy atom. The van der Waals surface area contributed by atoms with Crippen molar-refractivity contribution in [2.24, 2.45) is 0 Å². The first-order chi connectivity index (χ1) is 12.0. The molecule has 2 aromatic carbocycles. The lowest BCUT2D eigenvalue weighted by Gasteiger charge is -2.15. The first-order valence-corrected chi connectivity index (χ1v) is 8.67. The molecule has 0 saturated carbocycles. The van der Waals surface area contributed by atoms with E-state index in [2.05, 4.69) is 43.4 Å². The number of benzene rings is 2. The van der Waals surface area contributed by atoms with Gasteiger partial charge in [-0.1, -0.05) is 44.2 Å². The highest BCUT2D eigenvalue weighted by atomic mass is 16.5. The summed E-state index contributed by atoms with van der Waals surface area (Å²) in [7, 11) is 1.60. The van der Waals surface area contributed by atoms with Crippen LogP contribution >= 0.6 is 0 Å². The summed E-state index contributed by atoms with van der Waals surface area (Å²) in [6.07, 6.45) is 0.242. The van der Waals surface area contributed by atoms with Gasteiger partial charge in [-0.15, -0.1) is 0 Å². The molecule has 1 amide bonds. The summed E-state index contributed by atoms with van der Waals surface area (Å²) in [4.78, 5) is 12.2. The minimum Gasteiger partial charge on any atom is -0.497 e. The lowest BCUT2D eigenvalue weighted by Crippen LogP contribution is -2.37. The fourth-order valence-electron chi connectivity index (χ4n) is 2.48. The van der Waals surface area contributed by atoms with E-state index in [0.29, 0.717) is 24.0 Å². The van der Waals surface area contributed by atoms with E-state index in [-0.39, 0.29) is 5.91 Å². The van der Waals surface area contributed by atoms with Crippen molar-refractivity contribution < 1.29 is 14.3 Å². The lowest BCUT2D eigenvalue weighted by atomic mass is 10.0. The summed E-state index contributed by atoms with van der Waals surface area (Å²) in [6, 6.07) is 15.8. The molecule has 0 bridgehead atoms. The molecule has 2 aromatic rings. The second-order valence-corrected chi connectivity index (χ2v) is 6.38. The van der Waals surface area contributed by atoms with Gasteiger partial charge in [-0.25, -0.2) is 0 Å². The van der Waals surface area contributed by atoms with E-state index in [1.165, 1.54) is 11.1 Å². The maximum absolute atomic E-state index is 12.2. The number of amides is 1. The van der Waals surface area contributed by atoms with Crippen molar-refractivity contribution in [3.63, 3.8) is 0 Å². The molecule has 1 atom stereocenters. The fourth-order valence-corrected chi connectivity index (χ4v) is 2.48. The van der Waals surface area contributed by atoms with Crippen LogP contribution in [0.2, 0.25) is 0 Å². The molecular weight excluding hydrogens is 314 g/mol. The monoisotopic (exact) mass is 341 g/mol. The SMILES string of the molecule is COc1cccc(O[C@H](C)C(=O)NCCc2ccc(C(C)C)cc2)c1. The molecule has 0 aliphatic heterocycles. The summed E-state index contributed by atoms with van der Waals surface area (Å²) in [6.45, 7) is 6.69. The molecule has 134 valence electrons. The zero-order valence-corrected chi connectivity index (χ0v) is 15.4. The Morgan fingerprint density at radius 3 is 2.36 bits per heavy atom. The van der Waals surface area contributed by atoms with Crippen LogP contribution in [0.25, 0.3) is 0 Å². The zero-order chi connectivity index (χ0) is 18.2. The summed E-state index contributed by atoms with van der Waals surface area (Å²) in [5.74, 6) is 1.73. The second kappa shape index (κ2) is 9.11. The van der Waals surface area contributed by atoms with Gasteiger partial charge in [0.1, 0.15) is 11.5 Å². The molecule has 1 N–H and O–H groups in total. The second-order valence-electron chi connectivity index (χ2n) is 6.38. The van der Waals surface area contributed by atoms with Crippen molar-refractivity contribution in [1.29, 1.82) is 0 Å². The Morgan fingerprint density at radius 1 is 1.04 bits per heavy atom. The lowest BCUT2D eigenvalue weighted by molar-refractivity contribution is -0.127. The van der Waals surface area contributed by atoms with E-state index in [9.17, 15) is 4.79 Å². The van der Waals surface area contributed by atoms with Crippen LogP contribution in [0, 0.1) is 0 Å². The van der Waals surface area contributed by atoms with Gasteiger partial charge in [0.15, 0.2) is 6.10 Å². The number of hydrogen-bond donors (Lipinski definition) is 1. The Hall–Kier alpha value is -2.49. The van der Waals surface area contributed by atoms with Crippen molar-refractivity contribution in [2.45, 2.75) is 39.2 Å². The largest absolute Gasteiger partial charge is 0.497 e. The molecule has 4 heteroatoms. The van der Waals surface area contributed by atoms with Gasteiger partial charge >= 0.3 is 0 Å². The van der Waals surface area contributed by atoms with Crippen molar-refractivity contribution >= 4 is 5.91 Å². The van der Waals surface area contributed by atoms with Crippen LogP contribution < -0.4 is 14.8 Å². The van der Waals surface area contributed by atoms with E-state index >= 15 is 0 Å². The number of methoxy groups -OCH3 is 1. The average molecular weight is 341 g/mol. The summed E-state index contributed by atoms with van der Waals surface area (Å²) >= 11 is 0. The summed E-state index contributed by atoms with van der Waals surface area (Å²) in [5, 5.41) is 2.92. The predicted octanol–water partition coefficient (Wildman–Crippen LogP) is 3.94. The molecule has 25 heavy (non-hydrogen) atoms. The number of hydrogen-bond acceptors (Lipinski definition) is 3. The normalized spacial score (nSPS) is 11.9. The highest BCUT2D eigenvalue weighted by Crippen LogP contribution is 2.20. The fraction of sp³-hybridized carbons (Fsp3) is 0.381. The third kappa shape index (κ3) is 5.82. The highest BCUT2D eigenvalue weighted by molar-refractivity contribution is 5.80. The molecule has 0 radical (unpaired) electrons. The molecule has 0 aliphatic rings. The van der Waals surface area contributed by atoms with Gasteiger partial charge in [0, 0.05) is 12.6 Å². The minimum atomic E-state index is -0.560. The molecule has 0 aromatic heterocycles. The van der Waals surface area contributed by atoms with Crippen molar-refractivity contribution in [3.05, 3.63) is 59.7 Å². The van der Waals surface area contributed by atoms with Crippen LogP contribution in [0.15, 0.2) is 48.5 Å². The number of rotatable bonds is 8. The van der Waals surface area contributed by atoms with Gasteiger partial charge in [0.05, 0.1) is 7.11 Å². The Labute approximate surface area is 150 Å². The van der Waals surface area contributed by atoms with Crippen molar-refractivity contribution in [3.8, 4) is 11.5 Å². The maximum atomic E-state index is 12.2. The van der Waals surface area contributed by atoms with E-state index < -0.39 is 6.10 Å². The van der Waals surface area contributed by atoms with Gasteiger partial charge in [-0.3, -0.25) is 4.79 Å². The maximum Gasteiger partial charge on any atom is 0.260 e. The topological polar surface area (TPSA) is 47.6 Å². The van der Waals surface area contributed by atoms with Gasteiger partial charge in [0.2, 0.25) is 0 Å². The van der Waals surface area contributed by atoms with Crippen LogP contribution in [0.1, 0.15) is 37.8 Å². The van der Waals surface area contributed by atoms with Crippen LogP contribution in [0.3, 0.4) is 0 Å². The van der Waals surface area contributed by atoms with Gasteiger partial charge in [-0.2, -0.15) is 0 Å². The number of carbonyl (C=O) groups is 1. The summed E-state index contributed by atoms with van der Waals surface area (Å²) in [5.41, 5.74) is 2.54. The Bertz CT molecular complexity index is 680. The smallest absolute Gasteiger partial charge is 0.260 e. The third-order valence-electron chi connectivity index (χ3n) is 4.08. The van der Waals surface area contributed by atoms with Gasteiger partial charge < -0.3 is 14.8 Å². The predicted molar refractivity (Wildman–Crippen MR) is 100 cm³/mol. The van der Waals surface area contributed by atoms with Gasteiger partial charge in [0.25, 0.3) is 5.91 Å². The summed E-state index contributed by atoms with van der Waals surface area (Å²) < 4.78 is 10.8. The van der Waals surface area contributed by atoms with E-state index in [1.54, 1.807) is 20.1 Å². The molecule has 0 heterocycles. The number of nitrogens with one attached hydrogen (secondary N) is 1. The highest BCUT2D eigenvalue weighted by Gasteiger charge is 2.14. The standard InChI is InChI=1S/C21H27NO3/c1-15(2)18-10-8-17(9-11-18)12-13-22-21(23)16(3)25-20-7-5-6-19(14-20)24-4/h5-11,14-16H,12-13H2,1-4H3,(H,22,23)/t16-/m1/s1. The molecule has 2 rings (SSSR count). The third-order valence-corrected chi connectivity index (χ3v) is 4.08. The first-order valence-electron chi connectivity index (χ1n) is 8.67.